The topological polar surface area (TPSA) is 76.0 Å². The molecule has 1 aliphatic heterocycles. The normalized spacial score (nSPS) is 21.8. The number of benzene rings is 1. The lowest BCUT2D eigenvalue weighted by Crippen LogP contribution is -2.63. The molecule has 162 valence electrons. The van der Waals surface area contributed by atoms with E-state index in [-0.39, 0.29) is 17.9 Å². The van der Waals surface area contributed by atoms with E-state index in [4.69, 9.17) is 0 Å². The predicted octanol–water partition coefficient (Wildman–Crippen LogP) is 4.30. The van der Waals surface area contributed by atoms with Crippen molar-refractivity contribution in [3.05, 3.63) is 23.3 Å². The van der Waals surface area contributed by atoms with Gasteiger partial charge in [-0.15, -0.1) is 0 Å². The molecule has 0 spiro atoms. The van der Waals surface area contributed by atoms with E-state index >= 15 is 0 Å². The highest BCUT2D eigenvalue weighted by molar-refractivity contribution is 6.05. The van der Waals surface area contributed by atoms with Gasteiger partial charge in [0, 0.05) is 6.42 Å². The maximum Gasteiger partial charge on any atom is 0.440 e. The fourth-order valence-electron chi connectivity index (χ4n) is 4.60. The van der Waals surface area contributed by atoms with E-state index in [0.29, 0.717) is 17.9 Å². The Morgan fingerprint density at radius 2 is 1.93 bits per heavy atom. The number of aromatic nitrogens is 2. The van der Waals surface area contributed by atoms with E-state index in [1.807, 2.05) is 12.2 Å². The molecule has 0 radical (unpaired) electrons. The number of aryl methyl sites for hydroxylation is 2. The molecule has 2 aromatic rings. The zero-order valence-electron chi connectivity index (χ0n) is 17.0. The Balaban J connectivity index is 1.66. The molecular weight excluding hydrogens is 397 g/mol. The summed E-state index contributed by atoms with van der Waals surface area (Å²) < 4.78 is 43.8. The number of hydrogen-bond acceptors (Lipinski definition) is 3. The molecule has 0 bridgehead atoms. The van der Waals surface area contributed by atoms with Gasteiger partial charge in [0.15, 0.2) is 0 Å². The van der Waals surface area contributed by atoms with Crippen LogP contribution in [0.1, 0.15) is 56.1 Å². The number of nitrogens with zero attached hydrogens (tertiary/aromatic N) is 2. The summed E-state index contributed by atoms with van der Waals surface area (Å²) in [4.78, 5) is 29.3. The minimum Gasteiger partial charge on any atom is -0.317 e. The summed E-state index contributed by atoms with van der Waals surface area (Å²) in [6.45, 7) is 3.61. The number of carbonyl (C=O) groups excluding carboxylic acids is 2. The maximum atomic E-state index is 14.3. The molecule has 1 aromatic carbocycles. The first kappa shape index (κ1) is 20.7. The Morgan fingerprint density at radius 3 is 2.60 bits per heavy atom. The Hall–Kier alpha value is -2.58. The molecular formula is C21H25F3N4O2. The van der Waals surface area contributed by atoms with Gasteiger partial charge in [0.05, 0.1) is 11.0 Å². The van der Waals surface area contributed by atoms with E-state index in [2.05, 4.69) is 10.3 Å². The second-order valence-electron chi connectivity index (χ2n) is 8.45. The number of imidazole rings is 1. The molecule has 9 heteroatoms. The van der Waals surface area contributed by atoms with E-state index < -0.39 is 23.7 Å². The van der Waals surface area contributed by atoms with Gasteiger partial charge >= 0.3 is 6.18 Å². The van der Waals surface area contributed by atoms with Crippen LogP contribution in [-0.4, -0.2) is 27.5 Å². The molecule has 6 nitrogen and oxygen atoms in total. The molecule has 1 saturated carbocycles. The van der Waals surface area contributed by atoms with E-state index in [0.717, 1.165) is 35.0 Å². The Labute approximate surface area is 172 Å². The minimum atomic E-state index is -5.05. The van der Waals surface area contributed by atoms with Crippen LogP contribution in [0.15, 0.2) is 12.1 Å². The van der Waals surface area contributed by atoms with Crippen LogP contribution in [0.3, 0.4) is 0 Å². The van der Waals surface area contributed by atoms with Crippen molar-refractivity contribution < 1.29 is 22.8 Å². The second kappa shape index (κ2) is 7.28. The zero-order chi connectivity index (χ0) is 21.7. The Kier molecular flexibility index (Phi) is 5.02. The third kappa shape index (κ3) is 3.24. The number of nitrogens with one attached hydrogen (secondary N) is 2. The van der Waals surface area contributed by atoms with Crippen LogP contribution in [0.2, 0.25) is 0 Å². The summed E-state index contributed by atoms with van der Waals surface area (Å²) in [5, 5.41) is 4.23. The summed E-state index contributed by atoms with van der Waals surface area (Å²) in [5.74, 6) is -1.82. The van der Waals surface area contributed by atoms with Crippen molar-refractivity contribution in [3.63, 3.8) is 0 Å². The molecule has 1 aromatic heterocycles. The highest BCUT2D eigenvalue weighted by Crippen LogP contribution is 2.44. The lowest BCUT2D eigenvalue weighted by Gasteiger charge is -2.32. The summed E-state index contributed by atoms with van der Waals surface area (Å²) >= 11 is 0. The minimum absolute atomic E-state index is 0.0539. The summed E-state index contributed by atoms with van der Waals surface area (Å²) in [6, 6.07) is 3.24. The van der Waals surface area contributed by atoms with E-state index in [1.165, 1.54) is 12.8 Å². The highest BCUT2D eigenvalue weighted by Gasteiger charge is 2.67. The fraction of sp³-hybridized carbons (Fsp3) is 0.571. The van der Waals surface area contributed by atoms with Crippen LogP contribution in [-0.2, 0) is 15.3 Å². The number of anilines is 1. The molecule has 2 heterocycles. The lowest BCUT2D eigenvalue weighted by molar-refractivity contribution is -0.217. The smallest absolute Gasteiger partial charge is 0.317 e. The molecule has 2 N–H and O–H groups in total. The third-order valence-electron chi connectivity index (χ3n) is 6.38. The highest BCUT2D eigenvalue weighted by atomic mass is 19.4. The van der Waals surface area contributed by atoms with Crippen molar-refractivity contribution in [2.75, 3.05) is 5.32 Å². The molecule has 30 heavy (non-hydrogen) atoms. The van der Waals surface area contributed by atoms with Gasteiger partial charge in [-0.25, -0.2) is 4.98 Å². The van der Waals surface area contributed by atoms with Crippen LogP contribution in [0.4, 0.5) is 19.1 Å². The Bertz CT molecular complexity index is 1010. The molecule has 1 aliphatic carbocycles. The largest absolute Gasteiger partial charge is 0.440 e. The Morgan fingerprint density at radius 1 is 1.27 bits per heavy atom. The monoisotopic (exact) mass is 422 g/mol. The van der Waals surface area contributed by atoms with Crippen LogP contribution in [0.25, 0.3) is 11.0 Å². The number of alkyl halides is 3. The predicted molar refractivity (Wildman–Crippen MR) is 106 cm³/mol. The number of hydrogen-bond donors (Lipinski definition) is 2. The van der Waals surface area contributed by atoms with Gasteiger partial charge in [0.2, 0.25) is 11.9 Å². The number of amides is 2. The first-order valence-corrected chi connectivity index (χ1v) is 10.3. The van der Waals surface area contributed by atoms with Gasteiger partial charge in [-0.05, 0) is 55.9 Å². The first-order valence-electron chi connectivity index (χ1n) is 10.3. The molecule has 1 atom stereocenters. The average molecular weight is 422 g/mol. The van der Waals surface area contributed by atoms with Crippen molar-refractivity contribution in [1.29, 1.82) is 0 Å². The number of carbonyl (C=O) groups is 2. The quantitative estimate of drug-likeness (QED) is 0.755. The van der Waals surface area contributed by atoms with Gasteiger partial charge in [0.1, 0.15) is 0 Å². The van der Waals surface area contributed by atoms with Crippen molar-refractivity contribution >= 4 is 28.8 Å². The maximum absolute atomic E-state index is 14.3. The molecule has 0 saturated heterocycles. The zero-order valence-corrected chi connectivity index (χ0v) is 17.0. The first-order chi connectivity index (χ1) is 14.1. The standard InChI is InChI=1S/C21H25F3N4O2/c1-12-10-15-16(11-13(12)2)28-19(25-15)26-18(30)20(28,21(22,23)24)27-17(29)9-5-8-14-6-3-4-7-14/h10-11,14H,3-9H2,1-2H3,(H,27,29)(H,25,26,30). The van der Waals surface area contributed by atoms with Gasteiger partial charge in [-0.2, -0.15) is 13.2 Å². The fourth-order valence-corrected chi connectivity index (χ4v) is 4.60. The van der Waals surface area contributed by atoms with Gasteiger partial charge in [-0.1, -0.05) is 25.7 Å². The van der Waals surface area contributed by atoms with Crippen molar-refractivity contribution in [2.45, 2.75) is 70.6 Å². The number of fused-ring (bicyclic) bond motifs is 3. The summed E-state index contributed by atoms with van der Waals surface area (Å²) in [6.07, 6.45) is 0.780. The molecule has 1 unspecified atom stereocenters. The van der Waals surface area contributed by atoms with E-state index in [1.54, 1.807) is 19.1 Å². The van der Waals surface area contributed by atoms with Crippen molar-refractivity contribution in [1.82, 2.24) is 14.9 Å². The third-order valence-corrected chi connectivity index (χ3v) is 6.38. The summed E-state index contributed by atoms with van der Waals surface area (Å²) in [5.41, 5.74) is -1.08. The summed E-state index contributed by atoms with van der Waals surface area (Å²) in [7, 11) is 0. The SMILES string of the molecule is Cc1cc2nc3n(c2cc1C)C(NC(=O)CCCC1CCCC1)(C(F)(F)F)C(=O)N3. The molecule has 2 amide bonds. The van der Waals surface area contributed by atoms with E-state index in [9.17, 15) is 22.8 Å². The van der Waals surface area contributed by atoms with Crippen molar-refractivity contribution in [3.8, 4) is 0 Å². The molecule has 2 aliphatic rings. The van der Waals surface area contributed by atoms with Gasteiger partial charge in [0.25, 0.3) is 11.6 Å². The van der Waals surface area contributed by atoms with Gasteiger partial charge < -0.3 is 5.32 Å². The molecule has 1 fully saturated rings. The van der Waals surface area contributed by atoms with Crippen molar-refractivity contribution in [2.24, 2.45) is 5.92 Å². The van der Waals surface area contributed by atoms with Gasteiger partial charge in [-0.3, -0.25) is 19.5 Å². The van der Waals surface area contributed by atoms with Crippen LogP contribution in [0.5, 0.6) is 0 Å². The number of halogens is 3. The van der Waals surface area contributed by atoms with Crippen LogP contribution >= 0.6 is 0 Å². The second-order valence-corrected chi connectivity index (χ2v) is 8.45. The lowest BCUT2D eigenvalue weighted by atomic mass is 10.00. The van der Waals surface area contributed by atoms with Crippen LogP contribution < -0.4 is 10.6 Å². The van der Waals surface area contributed by atoms with Crippen LogP contribution in [0, 0.1) is 19.8 Å². The number of rotatable bonds is 5. The molecule has 4 rings (SSSR count). The average Bonchev–Trinajstić information content (AvgIpc) is 3.33.